The predicted octanol–water partition coefficient (Wildman–Crippen LogP) is 6.57. The number of ether oxygens (including phenoxy) is 1. The molecular formula is C24H36O2. The summed E-state index contributed by atoms with van der Waals surface area (Å²) in [5.74, 6) is 4.39. The largest absolute Gasteiger partial charge is 0.427 e. The fourth-order valence-corrected chi connectivity index (χ4v) is 5.28. The zero-order valence-electron chi connectivity index (χ0n) is 16.7. The number of carbonyl (C=O) groups is 1. The molecule has 0 aliphatic heterocycles. The van der Waals surface area contributed by atoms with E-state index in [0.717, 1.165) is 30.1 Å². The second-order valence-electron chi connectivity index (χ2n) is 8.75. The van der Waals surface area contributed by atoms with Crippen LogP contribution in [0.25, 0.3) is 0 Å². The van der Waals surface area contributed by atoms with Gasteiger partial charge in [0.15, 0.2) is 0 Å². The summed E-state index contributed by atoms with van der Waals surface area (Å²) in [5, 5.41) is 0. The van der Waals surface area contributed by atoms with Crippen molar-refractivity contribution in [2.45, 2.75) is 84.5 Å². The molecule has 1 aromatic rings. The average molecular weight is 357 g/mol. The van der Waals surface area contributed by atoms with Crippen molar-refractivity contribution in [1.29, 1.82) is 0 Å². The Morgan fingerprint density at radius 1 is 0.885 bits per heavy atom. The van der Waals surface area contributed by atoms with Crippen LogP contribution in [0.2, 0.25) is 0 Å². The highest BCUT2D eigenvalue weighted by molar-refractivity contribution is 5.69. The second kappa shape index (κ2) is 9.58. The van der Waals surface area contributed by atoms with Crippen LogP contribution in [0.1, 0.15) is 83.6 Å². The van der Waals surface area contributed by atoms with Crippen molar-refractivity contribution in [1.82, 2.24) is 0 Å². The lowest BCUT2D eigenvalue weighted by Gasteiger charge is -2.37. The molecule has 0 bridgehead atoms. The first-order valence-electron chi connectivity index (χ1n) is 10.9. The number of rotatable bonds is 6. The molecule has 2 saturated carbocycles. The summed E-state index contributed by atoms with van der Waals surface area (Å²) in [6, 6.07) is 8.05. The molecule has 2 fully saturated rings. The van der Waals surface area contributed by atoms with Gasteiger partial charge in [0.05, 0.1) is 0 Å². The van der Waals surface area contributed by atoms with Gasteiger partial charge in [-0.1, -0.05) is 51.2 Å². The second-order valence-corrected chi connectivity index (χ2v) is 8.75. The number of hydrogen-bond acceptors (Lipinski definition) is 2. The van der Waals surface area contributed by atoms with E-state index < -0.39 is 0 Å². The summed E-state index contributed by atoms with van der Waals surface area (Å²) in [6.45, 7) is 3.81. The Morgan fingerprint density at radius 3 is 1.92 bits per heavy atom. The summed E-state index contributed by atoms with van der Waals surface area (Å²) in [4.78, 5) is 11.0. The fraction of sp³-hybridized carbons (Fsp3) is 0.708. The minimum absolute atomic E-state index is 0.252. The molecule has 2 aliphatic rings. The number of hydrogen-bond donors (Lipinski definition) is 0. The van der Waals surface area contributed by atoms with E-state index in [0.29, 0.717) is 5.75 Å². The van der Waals surface area contributed by atoms with E-state index in [4.69, 9.17) is 4.74 Å². The molecule has 3 rings (SSSR count). The Bertz CT molecular complexity index is 546. The third-order valence-electron chi connectivity index (χ3n) is 7.05. The topological polar surface area (TPSA) is 26.3 Å². The summed E-state index contributed by atoms with van der Waals surface area (Å²) >= 11 is 0. The molecule has 0 saturated heterocycles. The molecule has 2 nitrogen and oxygen atoms in total. The smallest absolute Gasteiger partial charge is 0.308 e. The summed E-state index contributed by atoms with van der Waals surface area (Å²) < 4.78 is 5.11. The quantitative estimate of drug-likeness (QED) is 0.426. The Morgan fingerprint density at radius 2 is 1.42 bits per heavy atom. The minimum atomic E-state index is -0.252. The van der Waals surface area contributed by atoms with E-state index >= 15 is 0 Å². The van der Waals surface area contributed by atoms with Crippen LogP contribution in [0.3, 0.4) is 0 Å². The van der Waals surface area contributed by atoms with Gasteiger partial charge in [-0.05, 0) is 79.9 Å². The first kappa shape index (κ1) is 19.5. The minimum Gasteiger partial charge on any atom is -0.427 e. The summed E-state index contributed by atoms with van der Waals surface area (Å²) in [7, 11) is 0. The van der Waals surface area contributed by atoms with Crippen LogP contribution in [-0.2, 0) is 11.2 Å². The van der Waals surface area contributed by atoms with Crippen molar-refractivity contribution >= 4 is 5.97 Å². The monoisotopic (exact) mass is 356 g/mol. The van der Waals surface area contributed by atoms with Crippen molar-refractivity contribution < 1.29 is 9.53 Å². The maximum atomic E-state index is 11.0. The molecule has 0 unspecified atom stereocenters. The van der Waals surface area contributed by atoms with Gasteiger partial charge >= 0.3 is 5.97 Å². The molecule has 2 heteroatoms. The lowest BCUT2D eigenvalue weighted by Crippen LogP contribution is -2.25. The van der Waals surface area contributed by atoms with Crippen molar-refractivity contribution in [2.24, 2.45) is 23.7 Å². The molecule has 1 aromatic carbocycles. The molecule has 0 aromatic heterocycles. The molecular weight excluding hydrogens is 320 g/mol. The SMILES string of the molecule is CC[C@H]1CC[C@H]([C@H]2CC[C@H](CCc3ccc(OC(C)=O)cc3)CC2)CC1. The van der Waals surface area contributed by atoms with Gasteiger partial charge in [0.2, 0.25) is 0 Å². The van der Waals surface area contributed by atoms with Crippen LogP contribution in [0, 0.1) is 23.7 Å². The van der Waals surface area contributed by atoms with Crippen molar-refractivity contribution in [2.75, 3.05) is 0 Å². The molecule has 0 radical (unpaired) electrons. The average Bonchev–Trinajstić information content (AvgIpc) is 2.67. The summed E-state index contributed by atoms with van der Waals surface area (Å²) in [5.41, 5.74) is 1.36. The molecule has 0 atom stereocenters. The maximum absolute atomic E-state index is 11.0. The van der Waals surface area contributed by atoms with E-state index in [-0.39, 0.29) is 5.97 Å². The zero-order valence-corrected chi connectivity index (χ0v) is 16.7. The van der Waals surface area contributed by atoms with Gasteiger partial charge in [-0.25, -0.2) is 0 Å². The van der Waals surface area contributed by atoms with Gasteiger partial charge in [0, 0.05) is 6.92 Å². The van der Waals surface area contributed by atoms with E-state index in [1.807, 2.05) is 12.1 Å². The highest BCUT2D eigenvalue weighted by Gasteiger charge is 2.30. The fourth-order valence-electron chi connectivity index (χ4n) is 5.28. The molecule has 0 heterocycles. The van der Waals surface area contributed by atoms with Gasteiger partial charge in [-0.2, -0.15) is 0 Å². The van der Waals surface area contributed by atoms with E-state index in [2.05, 4.69) is 19.1 Å². The molecule has 0 N–H and O–H groups in total. The molecule has 144 valence electrons. The van der Waals surface area contributed by atoms with Gasteiger partial charge in [0.1, 0.15) is 5.75 Å². The third-order valence-corrected chi connectivity index (χ3v) is 7.05. The van der Waals surface area contributed by atoms with Gasteiger partial charge < -0.3 is 4.74 Å². The Balaban J connectivity index is 1.37. The van der Waals surface area contributed by atoms with E-state index in [1.165, 1.54) is 76.7 Å². The Labute approximate surface area is 159 Å². The highest BCUT2D eigenvalue weighted by atomic mass is 16.5. The first-order chi connectivity index (χ1) is 12.6. The van der Waals surface area contributed by atoms with Crippen LogP contribution < -0.4 is 4.74 Å². The molecule has 0 spiro atoms. The van der Waals surface area contributed by atoms with Gasteiger partial charge in [0.25, 0.3) is 0 Å². The number of carbonyl (C=O) groups excluding carboxylic acids is 1. The van der Waals surface area contributed by atoms with Crippen molar-refractivity contribution in [3.63, 3.8) is 0 Å². The number of esters is 1. The van der Waals surface area contributed by atoms with Crippen LogP contribution in [-0.4, -0.2) is 5.97 Å². The standard InChI is InChI=1S/C24H36O2/c1-3-19-6-12-22(13-7-19)23-14-8-20(9-15-23)4-5-21-10-16-24(17-11-21)26-18(2)25/h10-11,16-17,19-20,22-23H,3-9,12-15H2,1-2H3/t19-,20-,22-,23-. The number of benzene rings is 1. The van der Waals surface area contributed by atoms with Crippen molar-refractivity contribution in [3.8, 4) is 5.75 Å². The highest BCUT2D eigenvalue weighted by Crippen LogP contribution is 2.42. The predicted molar refractivity (Wildman–Crippen MR) is 107 cm³/mol. The lowest BCUT2D eigenvalue weighted by atomic mass is 9.68. The molecule has 0 amide bonds. The Hall–Kier alpha value is -1.31. The zero-order chi connectivity index (χ0) is 18.4. The Kier molecular flexibility index (Phi) is 7.16. The molecule has 26 heavy (non-hydrogen) atoms. The first-order valence-corrected chi connectivity index (χ1v) is 10.9. The normalized spacial score (nSPS) is 29.3. The maximum Gasteiger partial charge on any atom is 0.308 e. The molecule has 2 aliphatic carbocycles. The van der Waals surface area contributed by atoms with Crippen LogP contribution in [0.5, 0.6) is 5.75 Å². The van der Waals surface area contributed by atoms with Crippen LogP contribution in [0.15, 0.2) is 24.3 Å². The van der Waals surface area contributed by atoms with Gasteiger partial charge in [-0.3, -0.25) is 4.79 Å². The van der Waals surface area contributed by atoms with E-state index in [1.54, 1.807) is 0 Å². The van der Waals surface area contributed by atoms with Gasteiger partial charge in [-0.15, -0.1) is 0 Å². The van der Waals surface area contributed by atoms with Crippen LogP contribution in [0.4, 0.5) is 0 Å². The van der Waals surface area contributed by atoms with E-state index in [9.17, 15) is 4.79 Å². The summed E-state index contributed by atoms with van der Waals surface area (Å²) in [6.07, 6.45) is 15.6. The third kappa shape index (κ3) is 5.59. The van der Waals surface area contributed by atoms with Crippen LogP contribution >= 0.6 is 0 Å². The number of aryl methyl sites for hydroxylation is 1. The lowest BCUT2D eigenvalue weighted by molar-refractivity contribution is -0.131. The van der Waals surface area contributed by atoms with Crippen molar-refractivity contribution in [3.05, 3.63) is 29.8 Å².